The number of carbonyl (C=O) groups is 2. The fourth-order valence-electron chi connectivity index (χ4n) is 4.04. The van der Waals surface area contributed by atoms with Gasteiger partial charge in [0.1, 0.15) is 5.82 Å². The molecule has 2 aromatic rings. The Bertz CT molecular complexity index is 880. The summed E-state index contributed by atoms with van der Waals surface area (Å²) < 4.78 is 16.2. The van der Waals surface area contributed by atoms with Crippen LogP contribution in [0.2, 0.25) is 0 Å². The first kappa shape index (κ1) is 17.0. The number of ketones is 1. The number of hydrogen-bond acceptors (Lipinski definition) is 2. The van der Waals surface area contributed by atoms with Crippen LogP contribution in [0.3, 0.4) is 0 Å². The minimum atomic E-state index is -0.241. The second-order valence-electron chi connectivity index (χ2n) is 7.25. The van der Waals surface area contributed by atoms with Gasteiger partial charge in [0, 0.05) is 42.0 Å². The Hall–Kier alpha value is -2.43. The smallest absolute Gasteiger partial charge is 0.227 e. The second-order valence-corrected chi connectivity index (χ2v) is 7.25. The van der Waals surface area contributed by atoms with Crippen molar-refractivity contribution in [1.82, 2.24) is 9.47 Å². The third-order valence-electron chi connectivity index (χ3n) is 5.68. The maximum Gasteiger partial charge on any atom is 0.227 e. The lowest BCUT2D eigenvalue weighted by atomic mass is 9.91. The van der Waals surface area contributed by atoms with E-state index >= 15 is 0 Å². The van der Waals surface area contributed by atoms with E-state index in [1.165, 1.54) is 6.07 Å². The first-order valence-corrected chi connectivity index (χ1v) is 9.31. The largest absolute Gasteiger partial charge is 0.343 e. The number of rotatable bonds is 4. The summed E-state index contributed by atoms with van der Waals surface area (Å²) in [5, 5.41) is 0. The van der Waals surface area contributed by atoms with Gasteiger partial charge in [-0.2, -0.15) is 0 Å². The van der Waals surface area contributed by atoms with Crippen molar-refractivity contribution < 1.29 is 14.0 Å². The first-order valence-electron chi connectivity index (χ1n) is 9.31. The number of carbonyl (C=O) groups excluding carboxylic acids is 2. The highest BCUT2D eigenvalue weighted by Crippen LogP contribution is 2.32. The molecular formula is C21H23FN2O2. The van der Waals surface area contributed by atoms with E-state index in [2.05, 4.69) is 0 Å². The monoisotopic (exact) mass is 354 g/mol. The molecule has 0 spiro atoms. The van der Waals surface area contributed by atoms with Gasteiger partial charge in [-0.3, -0.25) is 9.59 Å². The number of nitrogens with zero attached hydrogens (tertiary/aromatic N) is 2. The molecule has 2 aliphatic rings. The molecule has 26 heavy (non-hydrogen) atoms. The average Bonchev–Trinajstić information content (AvgIpc) is 2.82. The number of aromatic nitrogens is 1. The molecule has 1 aromatic carbocycles. The van der Waals surface area contributed by atoms with E-state index in [9.17, 15) is 14.0 Å². The molecule has 2 heterocycles. The van der Waals surface area contributed by atoms with Crippen LogP contribution in [0.1, 0.15) is 52.1 Å². The highest BCUT2D eigenvalue weighted by molar-refractivity contribution is 6.01. The average molecular weight is 354 g/mol. The summed E-state index contributed by atoms with van der Waals surface area (Å²) in [5.74, 6) is -0.0358. The molecule has 1 aliphatic carbocycles. The zero-order valence-corrected chi connectivity index (χ0v) is 15.1. The molecule has 0 N–H and O–H groups in total. The van der Waals surface area contributed by atoms with Gasteiger partial charge in [0.05, 0.1) is 13.0 Å². The van der Waals surface area contributed by atoms with Crippen molar-refractivity contribution in [3.63, 3.8) is 0 Å². The molecule has 4 rings (SSSR count). The number of likely N-dealkylation sites (tertiary alicyclic amines) is 1. The van der Waals surface area contributed by atoms with E-state index in [0.29, 0.717) is 18.5 Å². The minimum Gasteiger partial charge on any atom is -0.343 e. The van der Waals surface area contributed by atoms with Crippen LogP contribution >= 0.6 is 0 Å². The highest BCUT2D eigenvalue weighted by Gasteiger charge is 2.31. The van der Waals surface area contributed by atoms with Crippen molar-refractivity contribution >= 4 is 11.7 Å². The van der Waals surface area contributed by atoms with E-state index in [1.54, 1.807) is 12.1 Å². The van der Waals surface area contributed by atoms with Crippen LogP contribution in [0, 0.1) is 12.7 Å². The zero-order chi connectivity index (χ0) is 18.3. The van der Waals surface area contributed by atoms with Crippen LogP contribution in [0.5, 0.6) is 0 Å². The van der Waals surface area contributed by atoms with E-state index in [0.717, 1.165) is 54.9 Å². The van der Waals surface area contributed by atoms with Gasteiger partial charge in [0.15, 0.2) is 5.78 Å². The Kier molecular flexibility index (Phi) is 4.39. The van der Waals surface area contributed by atoms with E-state index in [4.69, 9.17) is 0 Å². The standard InChI is InChI=1S/C21H23FN2O2/c1-14-16(12-20(26)23-10-5-11-23)21-18(8-4-9-19(21)25)24(14)13-15-6-2-3-7-17(15)22/h2-3,6-7H,4-5,8-13H2,1H3. The van der Waals surface area contributed by atoms with Crippen LogP contribution in [-0.4, -0.2) is 34.2 Å². The summed E-state index contributed by atoms with van der Waals surface area (Å²) in [5.41, 5.74) is 4.06. The summed E-state index contributed by atoms with van der Waals surface area (Å²) in [7, 11) is 0. The Balaban J connectivity index is 1.74. The van der Waals surface area contributed by atoms with Crippen molar-refractivity contribution in [3.05, 3.63) is 58.2 Å². The molecule has 0 saturated carbocycles. The molecule has 0 bridgehead atoms. The highest BCUT2D eigenvalue weighted by atomic mass is 19.1. The van der Waals surface area contributed by atoms with Crippen molar-refractivity contribution in [2.45, 2.75) is 45.6 Å². The Morgan fingerprint density at radius 3 is 2.62 bits per heavy atom. The van der Waals surface area contributed by atoms with Gasteiger partial charge in [0.25, 0.3) is 0 Å². The number of amides is 1. The zero-order valence-electron chi connectivity index (χ0n) is 15.1. The van der Waals surface area contributed by atoms with E-state index in [-0.39, 0.29) is 23.9 Å². The maximum atomic E-state index is 14.2. The number of Topliss-reactive ketones (excluding diaryl/α,β-unsaturated/α-hetero) is 1. The molecule has 5 heteroatoms. The number of halogens is 1. The van der Waals surface area contributed by atoms with Gasteiger partial charge < -0.3 is 9.47 Å². The second kappa shape index (κ2) is 6.71. The molecule has 1 fully saturated rings. The van der Waals surface area contributed by atoms with Gasteiger partial charge >= 0.3 is 0 Å². The lowest BCUT2D eigenvalue weighted by Crippen LogP contribution is -2.43. The molecule has 1 saturated heterocycles. The molecule has 0 unspecified atom stereocenters. The molecule has 1 aromatic heterocycles. The third kappa shape index (κ3) is 2.85. The normalized spacial score (nSPS) is 16.4. The first-order chi connectivity index (χ1) is 12.6. The predicted molar refractivity (Wildman–Crippen MR) is 96.8 cm³/mol. The van der Waals surface area contributed by atoms with Crippen LogP contribution in [0.15, 0.2) is 24.3 Å². The number of hydrogen-bond donors (Lipinski definition) is 0. The summed E-state index contributed by atoms with van der Waals surface area (Å²) in [6.45, 7) is 3.96. The molecule has 1 aliphatic heterocycles. The Morgan fingerprint density at radius 2 is 1.92 bits per heavy atom. The van der Waals surface area contributed by atoms with Crippen LogP contribution in [0.4, 0.5) is 4.39 Å². The minimum absolute atomic E-state index is 0.0866. The molecule has 0 radical (unpaired) electrons. The molecule has 1 amide bonds. The lowest BCUT2D eigenvalue weighted by molar-refractivity contribution is -0.133. The quantitative estimate of drug-likeness (QED) is 0.846. The fourth-order valence-corrected chi connectivity index (χ4v) is 4.04. The van der Waals surface area contributed by atoms with Gasteiger partial charge in [-0.15, -0.1) is 0 Å². The van der Waals surface area contributed by atoms with Crippen molar-refractivity contribution in [3.8, 4) is 0 Å². The van der Waals surface area contributed by atoms with Crippen LogP contribution in [-0.2, 0) is 24.2 Å². The van der Waals surface area contributed by atoms with Crippen molar-refractivity contribution in [2.75, 3.05) is 13.1 Å². The number of fused-ring (bicyclic) bond motifs is 1. The summed E-state index contributed by atoms with van der Waals surface area (Å²) in [4.78, 5) is 27.0. The Morgan fingerprint density at radius 1 is 1.15 bits per heavy atom. The van der Waals surface area contributed by atoms with Gasteiger partial charge in [-0.25, -0.2) is 4.39 Å². The molecule has 0 atom stereocenters. The third-order valence-corrected chi connectivity index (χ3v) is 5.68. The Labute approximate surface area is 152 Å². The summed E-state index contributed by atoms with van der Waals surface area (Å²) >= 11 is 0. The van der Waals surface area contributed by atoms with E-state index in [1.807, 2.05) is 22.5 Å². The van der Waals surface area contributed by atoms with Crippen molar-refractivity contribution in [1.29, 1.82) is 0 Å². The topological polar surface area (TPSA) is 42.3 Å². The molecular weight excluding hydrogens is 331 g/mol. The predicted octanol–water partition coefficient (Wildman–Crippen LogP) is 3.28. The molecule has 136 valence electrons. The maximum absolute atomic E-state index is 14.2. The number of benzene rings is 1. The van der Waals surface area contributed by atoms with Gasteiger partial charge in [0.2, 0.25) is 5.91 Å². The summed E-state index contributed by atoms with van der Waals surface area (Å²) in [6.07, 6.45) is 3.46. The van der Waals surface area contributed by atoms with Gasteiger partial charge in [-0.1, -0.05) is 18.2 Å². The van der Waals surface area contributed by atoms with Crippen molar-refractivity contribution in [2.24, 2.45) is 0 Å². The molecule has 4 nitrogen and oxygen atoms in total. The van der Waals surface area contributed by atoms with Crippen LogP contribution in [0.25, 0.3) is 0 Å². The fraction of sp³-hybridized carbons (Fsp3) is 0.429. The summed E-state index contributed by atoms with van der Waals surface area (Å²) in [6, 6.07) is 6.73. The van der Waals surface area contributed by atoms with Crippen LogP contribution < -0.4 is 0 Å². The van der Waals surface area contributed by atoms with Gasteiger partial charge in [-0.05, 0) is 37.8 Å². The lowest BCUT2D eigenvalue weighted by Gasteiger charge is -2.31. The van der Waals surface area contributed by atoms with E-state index < -0.39 is 0 Å². The SMILES string of the molecule is Cc1c(CC(=O)N2CCC2)c2c(n1Cc1ccccc1F)CCCC2=O.